The van der Waals surface area contributed by atoms with Crippen molar-refractivity contribution in [3.8, 4) is 0 Å². The second kappa shape index (κ2) is 4.24. The van der Waals surface area contributed by atoms with Crippen LogP contribution in [0.4, 0.5) is 5.95 Å². The van der Waals surface area contributed by atoms with E-state index in [-0.39, 0.29) is 6.04 Å². The van der Waals surface area contributed by atoms with Crippen molar-refractivity contribution in [2.75, 3.05) is 18.0 Å². The van der Waals surface area contributed by atoms with E-state index in [2.05, 4.69) is 21.9 Å². The van der Waals surface area contributed by atoms with Gasteiger partial charge < -0.3 is 10.6 Å². The Hall–Kier alpha value is -1.62. The van der Waals surface area contributed by atoms with E-state index in [4.69, 9.17) is 5.73 Å². The Kier molecular flexibility index (Phi) is 2.70. The zero-order chi connectivity index (χ0) is 12.7. The Bertz CT molecular complexity index is 560. The number of aromatic nitrogens is 3. The molecule has 3 rings (SSSR count). The predicted molar refractivity (Wildman–Crippen MR) is 71.7 cm³/mol. The number of nitrogens with zero attached hydrogens (tertiary/aromatic N) is 4. The molecule has 1 aliphatic rings. The Labute approximate surface area is 107 Å². The molecule has 2 atom stereocenters. The van der Waals surface area contributed by atoms with E-state index in [1.165, 1.54) is 0 Å². The smallest absolute Gasteiger partial charge is 0.245 e. The summed E-state index contributed by atoms with van der Waals surface area (Å²) in [6, 6.07) is 6.29. The van der Waals surface area contributed by atoms with E-state index in [0.29, 0.717) is 5.92 Å². The van der Waals surface area contributed by atoms with Crippen LogP contribution in [-0.4, -0.2) is 33.7 Å². The molecule has 0 bridgehead atoms. The van der Waals surface area contributed by atoms with Gasteiger partial charge in [0.2, 0.25) is 5.95 Å². The summed E-state index contributed by atoms with van der Waals surface area (Å²) in [6.07, 6.45) is 1.13. The van der Waals surface area contributed by atoms with Crippen molar-refractivity contribution in [1.29, 1.82) is 0 Å². The van der Waals surface area contributed by atoms with Crippen molar-refractivity contribution in [2.45, 2.75) is 26.3 Å². The number of rotatable bonds is 2. The van der Waals surface area contributed by atoms with Crippen LogP contribution >= 0.6 is 0 Å². The van der Waals surface area contributed by atoms with Crippen LogP contribution in [-0.2, 0) is 0 Å². The average Bonchev–Trinajstić information content (AvgIpc) is 2.95. The fourth-order valence-corrected chi connectivity index (χ4v) is 2.56. The number of aryl methyl sites for hydroxylation is 1. The standard InChI is InChI=1S/C13H19N5/c1-9-4-3-5-12-15-13(16-18(9)12)17-7-6-11(8-17)10(2)14/h3-5,10-11H,6-8,14H2,1-2H3. The van der Waals surface area contributed by atoms with Crippen LogP contribution in [0.3, 0.4) is 0 Å². The minimum Gasteiger partial charge on any atom is -0.339 e. The molecule has 0 amide bonds. The zero-order valence-corrected chi connectivity index (χ0v) is 10.9. The van der Waals surface area contributed by atoms with Crippen molar-refractivity contribution in [2.24, 2.45) is 11.7 Å². The largest absolute Gasteiger partial charge is 0.339 e. The lowest BCUT2D eigenvalue weighted by molar-refractivity contribution is 0.487. The average molecular weight is 245 g/mol. The van der Waals surface area contributed by atoms with Crippen molar-refractivity contribution >= 4 is 11.6 Å². The van der Waals surface area contributed by atoms with Crippen molar-refractivity contribution in [1.82, 2.24) is 14.6 Å². The van der Waals surface area contributed by atoms with E-state index in [1.54, 1.807) is 0 Å². The van der Waals surface area contributed by atoms with Gasteiger partial charge in [-0.1, -0.05) is 6.07 Å². The lowest BCUT2D eigenvalue weighted by atomic mass is 10.0. The lowest BCUT2D eigenvalue weighted by Crippen LogP contribution is -2.30. The topological polar surface area (TPSA) is 59.5 Å². The summed E-state index contributed by atoms with van der Waals surface area (Å²) in [4.78, 5) is 6.82. The van der Waals surface area contributed by atoms with Crippen molar-refractivity contribution < 1.29 is 0 Å². The van der Waals surface area contributed by atoms with Gasteiger partial charge in [-0.3, -0.25) is 0 Å². The van der Waals surface area contributed by atoms with Gasteiger partial charge in [0.25, 0.3) is 0 Å². The first-order chi connectivity index (χ1) is 8.65. The third-order valence-corrected chi connectivity index (χ3v) is 3.79. The van der Waals surface area contributed by atoms with Gasteiger partial charge in [-0.15, -0.1) is 5.10 Å². The quantitative estimate of drug-likeness (QED) is 0.864. The third-order valence-electron chi connectivity index (χ3n) is 3.79. The first-order valence-corrected chi connectivity index (χ1v) is 6.48. The van der Waals surface area contributed by atoms with Crippen LogP contribution < -0.4 is 10.6 Å². The van der Waals surface area contributed by atoms with Crippen molar-refractivity contribution in [3.05, 3.63) is 23.9 Å². The molecule has 1 fully saturated rings. The minimum absolute atomic E-state index is 0.244. The number of fused-ring (bicyclic) bond motifs is 1. The van der Waals surface area contributed by atoms with Gasteiger partial charge in [-0.05, 0) is 38.3 Å². The molecule has 2 unspecified atom stereocenters. The molecule has 2 N–H and O–H groups in total. The third kappa shape index (κ3) is 1.84. The summed E-state index contributed by atoms with van der Waals surface area (Å²) < 4.78 is 1.90. The Morgan fingerprint density at radius 1 is 1.44 bits per heavy atom. The Morgan fingerprint density at radius 2 is 2.28 bits per heavy atom. The summed E-state index contributed by atoms with van der Waals surface area (Å²) in [6.45, 7) is 6.09. The van der Waals surface area contributed by atoms with Crippen LogP contribution in [0.2, 0.25) is 0 Å². The molecule has 0 aromatic carbocycles. The summed E-state index contributed by atoms with van der Waals surface area (Å²) in [5.41, 5.74) is 7.98. The summed E-state index contributed by atoms with van der Waals surface area (Å²) in [5, 5.41) is 4.58. The van der Waals surface area contributed by atoms with E-state index in [0.717, 1.165) is 36.8 Å². The highest BCUT2D eigenvalue weighted by Gasteiger charge is 2.27. The lowest BCUT2D eigenvalue weighted by Gasteiger charge is -2.15. The van der Waals surface area contributed by atoms with Crippen LogP contribution in [0.1, 0.15) is 19.0 Å². The fraction of sp³-hybridized carbons (Fsp3) is 0.538. The van der Waals surface area contributed by atoms with E-state index >= 15 is 0 Å². The van der Waals surface area contributed by atoms with Crippen molar-refractivity contribution in [3.63, 3.8) is 0 Å². The molecule has 5 nitrogen and oxygen atoms in total. The molecule has 3 heterocycles. The van der Waals surface area contributed by atoms with Gasteiger partial charge in [0.05, 0.1) is 0 Å². The summed E-state index contributed by atoms with van der Waals surface area (Å²) in [7, 11) is 0. The van der Waals surface area contributed by atoms with Crippen LogP contribution in [0.15, 0.2) is 18.2 Å². The van der Waals surface area contributed by atoms with Gasteiger partial charge in [0, 0.05) is 24.8 Å². The second-order valence-corrected chi connectivity index (χ2v) is 5.20. The summed E-state index contributed by atoms with van der Waals surface area (Å²) in [5.74, 6) is 1.38. The molecular weight excluding hydrogens is 226 g/mol. The maximum Gasteiger partial charge on any atom is 0.245 e. The normalized spacial score (nSPS) is 21.7. The van der Waals surface area contributed by atoms with Gasteiger partial charge in [-0.2, -0.15) is 4.98 Å². The number of hydrogen-bond acceptors (Lipinski definition) is 4. The van der Waals surface area contributed by atoms with E-state index < -0.39 is 0 Å². The van der Waals surface area contributed by atoms with E-state index in [1.807, 2.05) is 29.6 Å². The van der Waals surface area contributed by atoms with E-state index in [9.17, 15) is 0 Å². The number of hydrogen-bond donors (Lipinski definition) is 1. The minimum atomic E-state index is 0.244. The fourth-order valence-electron chi connectivity index (χ4n) is 2.56. The molecular formula is C13H19N5. The van der Waals surface area contributed by atoms with Gasteiger partial charge >= 0.3 is 0 Å². The highest BCUT2D eigenvalue weighted by Crippen LogP contribution is 2.23. The van der Waals surface area contributed by atoms with Crippen LogP contribution in [0.5, 0.6) is 0 Å². The molecule has 0 saturated carbocycles. The SMILES string of the molecule is Cc1cccc2nc(N3CCC(C(C)N)C3)nn12. The van der Waals surface area contributed by atoms with Crippen LogP contribution in [0.25, 0.3) is 5.65 Å². The molecule has 18 heavy (non-hydrogen) atoms. The molecule has 1 saturated heterocycles. The van der Waals surface area contributed by atoms with Gasteiger partial charge in [0.15, 0.2) is 5.65 Å². The maximum atomic E-state index is 5.96. The number of anilines is 1. The highest BCUT2D eigenvalue weighted by atomic mass is 15.4. The van der Waals surface area contributed by atoms with Gasteiger partial charge in [-0.25, -0.2) is 4.52 Å². The van der Waals surface area contributed by atoms with Crippen LogP contribution in [0, 0.1) is 12.8 Å². The zero-order valence-electron chi connectivity index (χ0n) is 10.9. The second-order valence-electron chi connectivity index (χ2n) is 5.20. The highest BCUT2D eigenvalue weighted by molar-refractivity contribution is 5.46. The molecule has 0 aliphatic carbocycles. The van der Waals surface area contributed by atoms with Gasteiger partial charge in [0.1, 0.15) is 0 Å². The molecule has 0 spiro atoms. The molecule has 5 heteroatoms. The molecule has 96 valence electrons. The Morgan fingerprint density at radius 3 is 2.94 bits per heavy atom. The predicted octanol–water partition coefficient (Wildman–Crippen LogP) is 1.21. The molecule has 1 aliphatic heterocycles. The molecule has 0 radical (unpaired) electrons. The molecule has 2 aromatic heterocycles. The monoisotopic (exact) mass is 245 g/mol. The number of pyridine rings is 1. The number of nitrogens with two attached hydrogens (primary N) is 1. The summed E-state index contributed by atoms with van der Waals surface area (Å²) >= 11 is 0. The first kappa shape index (κ1) is 11.5. The maximum absolute atomic E-state index is 5.96. The Balaban J connectivity index is 1.89. The molecule has 2 aromatic rings. The first-order valence-electron chi connectivity index (χ1n) is 6.48.